The summed E-state index contributed by atoms with van der Waals surface area (Å²) in [6.45, 7) is 7.22. The van der Waals surface area contributed by atoms with Gasteiger partial charge in [0.1, 0.15) is 5.75 Å². The highest BCUT2D eigenvalue weighted by molar-refractivity contribution is 5.77. The Morgan fingerprint density at radius 2 is 1.62 bits per heavy atom. The van der Waals surface area contributed by atoms with Crippen LogP contribution in [0, 0.1) is 6.92 Å². The Bertz CT molecular complexity index is 601. The molecule has 0 aliphatic heterocycles. The molecule has 0 aromatic heterocycles. The first-order valence-corrected chi connectivity index (χ1v) is 7.28. The molecule has 0 fully saturated rings. The molecular weight excluding hydrogens is 262 g/mol. The van der Waals surface area contributed by atoms with E-state index in [1.54, 1.807) is 4.90 Å². The lowest BCUT2D eigenvalue weighted by Crippen LogP contribution is -2.33. The van der Waals surface area contributed by atoms with Crippen molar-refractivity contribution in [1.82, 2.24) is 4.90 Å². The van der Waals surface area contributed by atoms with E-state index in [1.165, 1.54) is 5.56 Å². The van der Waals surface area contributed by atoms with Crippen molar-refractivity contribution in [1.29, 1.82) is 0 Å². The summed E-state index contributed by atoms with van der Waals surface area (Å²) in [6.07, 6.45) is -0.306. The van der Waals surface area contributed by atoms with Crippen molar-refractivity contribution in [3.05, 3.63) is 54.1 Å². The molecular formula is C18H21NO2. The molecule has 3 heteroatoms. The summed E-state index contributed by atoms with van der Waals surface area (Å²) in [5.74, 6) is 0.596. The Labute approximate surface area is 126 Å². The van der Waals surface area contributed by atoms with E-state index in [2.05, 4.69) is 19.1 Å². The Morgan fingerprint density at radius 3 is 2.24 bits per heavy atom. The van der Waals surface area contributed by atoms with Gasteiger partial charge in [-0.1, -0.05) is 48.0 Å². The van der Waals surface area contributed by atoms with E-state index in [0.717, 1.165) is 11.1 Å². The number of para-hydroxylation sites is 1. The van der Waals surface area contributed by atoms with Gasteiger partial charge in [0, 0.05) is 18.7 Å². The molecule has 0 saturated carbocycles. The number of nitrogens with zero attached hydrogens (tertiary/aromatic N) is 1. The standard InChI is InChI=1S/C18H21NO2/c1-4-19(5-2)18(20)21-17-9-7-6-8-16(17)15-12-10-14(3)11-13-15/h6-13H,4-5H2,1-3H3. The van der Waals surface area contributed by atoms with Crippen LogP contribution in [0.15, 0.2) is 48.5 Å². The fourth-order valence-corrected chi connectivity index (χ4v) is 2.17. The summed E-state index contributed by atoms with van der Waals surface area (Å²) in [7, 11) is 0. The molecule has 0 unspecified atom stereocenters. The number of hydrogen-bond donors (Lipinski definition) is 0. The molecule has 0 saturated heterocycles. The molecule has 2 aromatic carbocycles. The zero-order valence-corrected chi connectivity index (χ0v) is 12.8. The number of rotatable bonds is 4. The molecule has 0 heterocycles. The fraction of sp³-hybridized carbons (Fsp3) is 0.278. The van der Waals surface area contributed by atoms with E-state index >= 15 is 0 Å². The molecule has 0 atom stereocenters. The Hall–Kier alpha value is -2.29. The number of carbonyl (C=O) groups excluding carboxylic acids is 1. The summed E-state index contributed by atoms with van der Waals surface area (Å²) in [6, 6.07) is 15.8. The van der Waals surface area contributed by atoms with Gasteiger partial charge in [0.25, 0.3) is 0 Å². The number of carbonyl (C=O) groups is 1. The van der Waals surface area contributed by atoms with Crippen molar-refractivity contribution in [2.45, 2.75) is 20.8 Å². The molecule has 0 aliphatic carbocycles. The number of hydrogen-bond acceptors (Lipinski definition) is 2. The zero-order valence-electron chi connectivity index (χ0n) is 12.8. The topological polar surface area (TPSA) is 29.5 Å². The molecule has 0 bridgehead atoms. The minimum Gasteiger partial charge on any atom is -0.410 e. The molecule has 3 nitrogen and oxygen atoms in total. The van der Waals surface area contributed by atoms with E-state index in [1.807, 2.05) is 50.2 Å². The third-order valence-corrected chi connectivity index (χ3v) is 3.47. The van der Waals surface area contributed by atoms with Gasteiger partial charge in [0.2, 0.25) is 0 Å². The first kappa shape index (κ1) is 15.1. The Balaban J connectivity index is 2.29. The molecule has 21 heavy (non-hydrogen) atoms. The van der Waals surface area contributed by atoms with Gasteiger partial charge in [-0.25, -0.2) is 4.79 Å². The van der Waals surface area contributed by atoms with Crippen LogP contribution < -0.4 is 4.74 Å². The molecule has 2 rings (SSSR count). The lowest BCUT2D eigenvalue weighted by Gasteiger charge is -2.19. The quantitative estimate of drug-likeness (QED) is 0.826. The predicted octanol–water partition coefficient (Wildman–Crippen LogP) is 4.50. The van der Waals surface area contributed by atoms with Crippen molar-refractivity contribution in [2.75, 3.05) is 13.1 Å². The highest BCUT2D eigenvalue weighted by Gasteiger charge is 2.14. The maximum absolute atomic E-state index is 12.1. The number of aryl methyl sites for hydroxylation is 1. The van der Waals surface area contributed by atoms with Gasteiger partial charge in [-0.15, -0.1) is 0 Å². The van der Waals surface area contributed by atoms with Crippen molar-refractivity contribution < 1.29 is 9.53 Å². The third kappa shape index (κ3) is 3.63. The molecule has 0 aliphatic rings. The maximum Gasteiger partial charge on any atom is 0.415 e. The van der Waals surface area contributed by atoms with Crippen LogP contribution in [0.25, 0.3) is 11.1 Å². The second-order valence-corrected chi connectivity index (χ2v) is 4.90. The van der Waals surface area contributed by atoms with Crippen LogP contribution in [-0.4, -0.2) is 24.1 Å². The van der Waals surface area contributed by atoms with Gasteiger partial charge < -0.3 is 9.64 Å². The van der Waals surface area contributed by atoms with E-state index in [-0.39, 0.29) is 6.09 Å². The minimum absolute atomic E-state index is 0.306. The summed E-state index contributed by atoms with van der Waals surface area (Å²) in [5.41, 5.74) is 3.18. The normalized spacial score (nSPS) is 10.2. The minimum atomic E-state index is -0.306. The van der Waals surface area contributed by atoms with E-state index in [4.69, 9.17) is 4.74 Å². The molecule has 1 amide bonds. The van der Waals surface area contributed by atoms with Gasteiger partial charge in [-0.2, -0.15) is 0 Å². The number of ether oxygens (including phenoxy) is 1. The average molecular weight is 283 g/mol. The SMILES string of the molecule is CCN(CC)C(=O)Oc1ccccc1-c1ccc(C)cc1. The second-order valence-electron chi connectivity index (χ2n) is 4.90. The van der Waals surface area contributed by atoms with Gasteiger partial charge >= 0.3 is 6.09 Å². The first-order valence-electron chi connectivity index (χ1n) is 7.28. The first-order chi connectivity index (χ1) is 10.2. The van der Waals surface area contributed by atoms with Crippen LogP contribution in [0.1, 0.15) is 19.4 Å². The lowest BCUT2D eigenvalue weighted by molar-refractivity contribution is 0.157. The maximum atomic E-state index is 12.1. The van der Waals surface area contributed by atoms with E-state index in [9.17, 15) is 4.79 Å². The van der Waals surface area contributed by atoms with Crippen LogP contribution in [0.3, 0.4) is 0 Å². The molecule has 0 spiro atoms. The van der Waals surface area contributed by atoms with Crippen LogP contribution in [0.4, 0.5) is 4.79 Å². The molecule has 2 aromatic rings. The highest BCUT2D eigenvalue weighted by Crippen LogP contribution is 2.30. The predicted molar refractivity (Wildman–Crippen MR) is 85.6 cm³/mol. The van der Waals surface area contributed by atoms with E-state index in [0.29, 0.717) is 18.8 Å². The van der Waals surface area contributed by atoms with Gasteiger partial charge in [0.05, 0.1) is 0 Å². The molecule has 110 valence electrons. The lowest BCUT2D eigenvalue weighted by atomic mass is 10.0. The zero-order chi connectivity index (χ0) is 15.2. The Morgan fingerprint density at radius 1 is 1.00 bits per heavy atom. The fourth-order valence-electron chi connectivity index (χ4n) is 2.17. The number of amides is 1. The van der Waals surface area contributed by atoms with Crippen molar-refractivity contribution in [3.63, 3.8) is 0 Å². The largest absolute Gasteiger partial charge is 0.415 e. The van der Waals surface area contributed by atoms with Gasteiger partial charge in [-0.3, -0.25) is 0 Å². The van der Waals surface area contributed by atoms with Crippen LogP contribution >= 0.6 is 0 Å². The number of benzene rings is 2. The van der Waals surface area contributed by atoms with E-state index < -0.39 is 0 Å². The highest BCUT2D eigenvalue weighted by atomic mass is 16.6. The van der Waals surface area contributed by atoms with Crippen molar-refractivity contribution in [3.8, 4) is 16.9 Å². The van der Waals surface area contributed by atoms with Crippen molar-refractivity contribution >= 4 is 6.09 Å². The van der Waals surface area contributed by atoms with Crippen LogP contribution in [0.5, 0.6) is 5.75 Å². The van der Waals surface area contributed by atoms with Gasteiger partial charge in [-0.05, 0) is 32.4 Å². The van der Waals surface area contributed by atoms with Crippen LogP contribution in [0.2, 0.25) is 0 Å². The van der Waals surface area contributed by atoms with Crippen molar-refractivity contribution in [2.24, 2.45) is 0 Å². The van der Waals surface area contributed by atoms with Crippen LogP contribution in [-0.2, 0) is 0 Å². The summed E-state index contributed by atoms with van der Waals surface area (Å²) >= 11 is 0. The smallest absolute Gasteiger partial charge is 0.410 e. The second kappa shape index (κ2) is 6.93. The summed E-state index contributed by atoms with van der Waals surface area (Å²) in [5, 5.41) is 0. The third-order valence-electron chi connectivity index (χ3n) is 3.47. The summed E-state index contributed by atoms with van der Waals surface area (Å²) < 4.78 is 5.56. The van der Waals surface area contributed by atoms with Gasteiger partial charge in [0.15, 0.2) is 0 Å². The summed E-state index contributed by atoms with van der Waals surface area (Å²) in [4.78, 5) is 13.8. The Kier molecular flexibility index (Phi) is 4.99. The average Bonchev–Trinajstić information content (AvgIpc) is 2.50. The molecule has 0 N–H and O–H groups in total. The molecule has 0 radical (unpaired) electrons. The monoisotopic (exact) mass is 283 g/mol.